The lowest BCUT2D eigenvalue weighted by Crippen LogP contribution is -2.58. The highest BCUT2D eigenvalue weighted by Crippen LogP contribution is 2.40. The number of unbranched alkanes of at least 4 members (excludes halogenated alkanes) is 1. The Morgan fingerprint density at radius 2 is 1.56 bits per heavy atom. The van der Waals surface area contributed by atoms with Crippen LogP contribution in [-0.4, -0.2) is 106 Å². The van der Waals surface area contributed by atoms with E-state index in [1.807, 2.05) is 39.0 Å². The molecule has 4 N–H and O–H groups in total. The third-order valence-electron chi connectivity index (χ3n) is 13.0. The van der Waals surface area contributed by atoms with Crippen LogP contribution in [0.5, 0.6) is 0 Å². The number of ketones is 3. The minimum absolute atomic E-state index is 0.00565. The fourth-order valence-electron chi connectivity index (χ4n) is 8.97. The molecule has 1 saturated carbocycles. The summed E-state index contributed by atoms with van der Waals surface area (Å²) in [5.74, 6) is -7.87. The number of Topliss-reactive ketones (excluding diaryl/α,β-unsaturated/α-hetero) is 3. The van der Waals surface area contributed by atoms with E-state index >= 15 is 0 Å². The lowest BCUT2D eigenvalue weighted by atomic mass is 9.71. The van der Waals surface area contributed by atoms with Gasteiger partial charge in [-0.25, -0.2) is 4.79 Å². The summed E-state index contributed by atoms with van der Waals surface area (Å²) in [7, 11) is 4.27. The van der Waals surface area contributed by atoms with Crippen molar-refractivity contribution < 1.29 is 53.9 Å². The average Bonchev–Trinajstić information content (AvgIpc) is 3.25. The first-order valence-electron chi connectivity index (χ1n) is 23.0. The predicted molar refractivity (Wildman–Crippen MR) is 244 cm³/mol. The number of amides is 1. The van der Waals surface area contributed by atoms with Gasteiger partial charge in [0.05, 0.1) is 6.10 Å². The highest BCUT2D eigenvalue weighted by atomic mass is 16.5. The number of nitrogens with zero attached hydrogens (tertiary/aromatic N) is 1. The van der Waals surface area contributed by atoms with E-state index in [1.54, 1.807) is 14.2 Å². The first-order valence-corrected chi connectivity index (χ1v) is 23.0. The Morgan fingerprint density at radius 3 is 2.16 bits per heavy atom. The van der Waals surface area contributed by atoms with Crippen molar-refractivity contribution in [2.45, 2.75) is 169 Å². The predicted octanol–water partition coefficient (Wildman–Crippen LogP) is 8.22. The van der Waals surface area contributed by atoms with Gasteiger partial charge in [-0.15, -0.1) is 0 Å². The van der Waals surface area contributed by atoms with Crippen molar-refractivity contribution in [3.05, 3.63) is 47.6 Å². The summed E-state index contributed by atoms with van der Waals surface area (Å²) in [6, 6.07) is -1.31. The zero-order chi connectivity index (χ0) is 47.2. The lowest BCUT2D eigenvalue weighted by Gasteiger charge is -2.42. The number of carboxylic acid groups (broad SMARTS) is 1. The van der Waals surface area contributed by atoms with Crippen molar-refractivity contribution in [1.29, 1.82) is 0 Å². The molecule has 2 aliphatic rings. The van der Waals surface area contributed by atoms with Crippen LogP contribution in [0.15, 0.2) is 47.6 Å². The number of allylic oxidation sites excluding steroid dienone is 7. The highest BCUT2D eigenvalue weighted by Gasteiger charge is 2.47. The number of methoxy groups -OCH3 is 2. The summed E-state index contributed by atoms with van der Waals surface area (Å²) in [5.41, 5.74) is 2.26. The zero-order valence-corrected chi connectivity index (χ0v) is 39.9. The molecule has 12 heteroatoms. The molecule has 0 spiro atoms. The summed E-state index contributed by atoms with van der Waals surface area (Å²) < 4.78 is 11.4. The van der Waals surface area contributed by atoms with Crippen molar-refractivity contribution in [3.63, 3.8) is 0 Å². The SMILES string of the molecule is CCCC/C(C)=C/C=C/C=C/[C@@H](C)CC(C)C(=O)C(C/C(C)=C/[C@@H](C)C(=O)CC[C@@H](CC1CCCC(OC)C1)C1CCN(C(=O)C(=O)C(O)(O)C(C)C)C(C(=O)O)C1)OC.CO. The van der Waals surface area contributed by atoms with Crippen molar-refractivity contribution in [1.82, 2.24) is 4.90 Å². The van der Waals surface area contributed by atoms with Crippen LogP contribution in [0.1, 0.15) is 145 Å². The van der Waals surface area contributed by atoms with Gasteiger partial charge in [-0.05, 0) is 95.3 Å². The number of ether oxygens (including phenoxy) is 2. The number of hydrogen-bond acceptors (Lipinski definition) is 10. The molecule has 1 heterocycles. The first-order chi connectivity index (χ1) is 29.3. The van der Waals surface area contributed by atoms with Gasteiger partial charge in [-0.3, -0.25) is 19.2 Å². The minimum Gasteiger partial charge on any atom is -0.480 e. The van der Waals surface area contributed by atoms with Crippen LogP contribution in [0.4, 0.5) is 0 Å². The molecule has 0 aromatic heterocycles. The summed E-state index contributed by atoms with van der Waals surface area (Å²) in [6.07, 6.45) is 22.5. The standard InChI is InChI=1S/C49H79NO10.CH4O/c1-11-12-17-33(4)18-14-13-15-19-34(5)26-37(8)45(52)44(60-10)28-35(6)27-36(7)43(51)23-22-39(29-38-20-16-21-41(30-38)59-9)40-24-25-50(42(31-40)48(55)56)47(54)46(53)49(57,58)32(2)3;1-2/h13-15,18-19,27,32,34,36-42,44,57-58H,11-12,16-17,20-26,28-31H2,1-10H3,(H,55,56);2H,1H3/b14-13+,19-15+,33-18+,35-27+;/t34-,36-,37?,38?,39+,40?,41?,42?,44?;/m1./s1. The maximum absolute atomic E-state index is 13.7. The molecule has 1 aliphatic carbocycles. The van der Waals surface area contributed by atoms with E-state index in [0.29, 0.717) is 31.6 Å². The third kappa shape index (κ3) is 18.8. The van der Waals surface area contributed by atoms with E-state index in [1.165, 1.54) is 32.3 Å². The van der Waals surface area contributed by atoms with Crippen LogP contribution in [0, 0.1) is 41.4 Å². The van der Waals surface area contributed by atoms with Gasteiger partial charge in [0, 0.05) is 58.5 Å². The molecule has 1 saturated heterocycles. The molecule has 2 rings (SSSR count). The summed E-state index contributed by atoms with van der Waals surface area (Å²) in [6.45, 7) is 14.9. The fraction of sp³-hybridized carbons (Fsp3) is 0.740. The molecule has 62 heavy (non-hydrogen) atoms. The van der Waals surface area contributed by atoms with Gasteiger partial charge >= 0.3 is 5.97 Å². The minimum atomic E-state index is -2.90. The first kappa shape index (κ1) is 56.7. The van der Waals surface area contributed by atoms with Crippen LogP contribution in [0.3, 0.4) is 0 Å². The Morgan fingerprint density at radius 1 is 0.887 bits per heavy atom. The Bertz CT molecular complexity index is 1530. The molecular weight excluding hydrogens is 791 g/mol. The number of carboxylic acids is 1. The lowest BCUT2D eigenvalue weighted by molar-refractivity contribution is -0.202. The van der Waals surface area contributed by atoms with Crippen molar-refractivity contribution in [3.8, 4) is 0 Å². The molecule has 2 fully saturated rings. The Balaban J connectivity index is 0.00000946. The molecule has 6 unspecified atom stereocenters. The molecular formula is C50H83NO11. The van der Waals surface area contributed by atoms with E-state index in [4.69, 9.17) is 14.6 Å². The van der Waals surface area contributed by atoms with E-state index in [2.05, 4.69) is 39.0 Å². The second-order valence-electron chi connectivity index (χ2n) is 18.4. The van der Waals surface area contributed by atoms with E-state index < -0.39 is 47.4 Å². The van der Waals surface area contributed by atoms with Gasteiger partial charge in [-0.2, -0.15) is 0 Å². The van der Waals surface area contributed by atoms with Crippen LogP contribution in [0.25, 0.3) is 0 Å². The Kier molecular flexibility index (Phi) is 26.7. The molecule has 9 atom stereocenters. The van der Waals surface area contributed by atoms with Crippen LogP contribution in [-0.2, 0) is 33.4 Å². The van der Waals surface area contributed by atoms with Crippen LogP contribution < -0.4 is 0 Å². The maximum atomic E-state index is 13.7. The number of piperidine rings is 1. The van der Waals surface area contributed by atoms with Crippen molar-refractivity contribution >= 4 is 29.2 Å². The van der Waals surface area contributed by atoms with E-state index in [-0.39, 0.29) is 60.7 Å². The summed E-state index contributed by atoms with van der Waals surface area (Å²) in [5, 5.41) is 37.8. The number of hydrogen-bond donors (Lipinski definition) is 4. The van der Waals surface area contributed by atoms with Crippen molar-refractivity contribution in [2.75, 3.05) is 27.9 Å². The van der Waals surface area contributed by atoms with Gasteiger partial charge in [-0.1, -0.05) is 108 Å². The number of likely N-dealkylation sites (tertiary alicyclic amines) is 1. The second kappa shape index (κ2) is 29.2. The fourth-order valence-corrected chi connectivity index (χ4v) is 8.97. The molecule has 1 amide bonds. The number of carbonyl (C=O) groups is 5. The van der Waals surface area contributed by atoms with Gasteiger partial charge in [0.25, 0.3) is 11.7 Å². The molecule has 354 valence electrons. The Labute approximate surface area is 373 Å². The van der Waals surface area contributed by atoms with Gasteiger partial charge < -0.3 is 34.8 Å². The Hall–Kier alpha value is -3.29. The number of aliphatic carboxylic acids is 1. The molecule has 0 bridgehead atoms. The monoisotopic (exact) mass is 874 g/mol. The molecule has 0 aromatic rings. The van der Waals surface area contributed by atoms with Gasteiger partial charge in [0.15, 0.2) is 5.78 Å². The van der Waals surface area contributed by atoms with E-state index in [9.17, 15) is 39.3 Å². The largest absolute Gasteiger partial charge is 0.480 e. The second-order valence-corrected chi connectivity index (χ2v) is 18.4. The van der Waals surface area contributed by atoms with Gasteiger partial charge in [0.1, 0.15) is 17.9 Å². The number of aliphatic hydroxyl groups excluding tert-OH is 1. The number of rotatable bonds is 26. The summed E-state index contributed by atoms with van der Waals surface area (Å²) in [4.78, 5) is 66.7. The molecule has 0 radical (unpaired) electrons. The van der Waals surface area contributed by atoms with Crippen molar-refractivity contribution in [2.24, 2.45) is 41.4 Å². The number of carbonyl (C=O) groups excluding carboxylic acids is 4. The molecule has 1 aliphatic heterocycles. The smallest absolute Gasteiger partial charge is 0.326 e. The maximum Gasteiger partial charge on any atom is 0.326 e. The topological polar surface area (TPSA) is 188 Å². The zero-order valence-electron chi connectivity index (χ0n) is 39.9. The van der Waals surface area contributed by atoms with Crippen LogP contribution in [0.2, 0.25) is 0 Å². The van der Waals surface area contributed by atoms with Crippen LogP contribution >= 0.6 is 0 Å². The quantitative estimate of drug-likeness (QED) is 0.0284. The average molecular weight is 874 g/mol. The number of aliphatic hydroxyl groups is 3. The highest BCUT2D eigenvalue weighted by molar-refractivity contribution is 6.39. The molecule has 0 aromatic carbocycles. The summed E-state index contributed by atoms with van der Waals surface area (Å²) >= 11 is 0. The normalized spacial score (nSPS) is 22.8. The van der Waals surface area contributed by atoms with Gasteiger partial charge in [0.2, 0.25) is 5.79 Å². The molecule has 12 nitrogen and oxygen atoms in total. The third-order valence-corrected chi connectivity index (χ3v) is 13.0. The van der Waals surface area contributed by atoms with E-state index in [0.717, 1.165) is 56.1 Å².